The van der Waals surface area contributed by atoms with Crippen LogP contribution in [0.5, 0.6) is 0 Å². The molecule has 2 saturated heterocycles. The van der Waals surface area contributed by atoms with Crippen LogP contribution in [0.4, 0.5) is 0 Å². The Hall–Kier alpha value is -1.44. The second-order valence-corrected chi connectivity index (χ2v) is 9.58. The molecule has 2 aliphatic heterocycles. The summed E-state index contributed by atoms with van der Waals surface area (Å²) in [4.78, 5) is 14.6. The third-order valence-corrected chi connectivity index (χ3v) is 7.93. The average Bonchev–Trinajstić information content (AvgIpc) is 3.27. The van der Waals surface area contributed by atoms with Crippen molar-refractivity contribution in [3.8, 4) is 0 Å². The summed E-state index contributed by atoms with van der Waals surface area (Å²) in [5.41, 5.74) is 0.461. The summed E-state index contributed by atoms with van der Waals surface area (Å²) in [7, 11) is -1.88. The van der Waals surface area contributed by atoms with Gasteiger partial charge in [-0.3, -0.25) is 4.79 Å². The molecule has 1 amide bonds. The van der Waals surface area contributed by atoms with Crippen molar-refractivity contribution in [1.29, 1.82) is 0 Å². The summed E-state index contributed by atoms with van der Waals surface area (Å²) in [6.07, 6.45) is 4.23. The summed E-state index contributed by atoms with van der Waals surface area (Å²) in [6.45, 7) is 2.51. The molecule has 6 nitrogen and oxygen atoms in total. The Morgan fingerprint density at radius 1 is 1.12 bits per heavy atom. The number of fused-ring (bicyclic) bond motifs is 2. The molecule has 1 aromatic carbocycles. The number of carbonyl (C=O) groups is 1. The molecular formula is C19H26N2O4S. The number of carbonyl (C=O) groups excluding carboxylic acids is 1. The van der Waals surface area contributed by atoms with Crippen molar-refractivity contribution < 1.29 is 17.9 Å². The fourth-order valence-electron chi connectivity index (χ4n) is 4.75. The Morgan fingerprint density at radius 3 is 2.38 bits per heavy atom. The van der Waals surface area contributed by atoms with Crippen molar-refractivity contribution in [1.82, 2.24) is 9.21 Å². The molecule has 2 bridgehead atoms. The normalized spacial score (nSPS) is 29.3. The predicted octanol–water partition coefficient (Wildman–Crippen LogP) is 1.97. The number of rotatable bonds is 4. The highest BCUT2D eigenvalue weighted by atomic mass is 32.2. The van der Waals surface area contributed by atoms with E-state index in [0.717, 1.165) is 38.8 Å². The molecule has 26 heavy (non-hydrogen) atoms. The van der Waals surface area contributed by atoms with Crippen LogP contribution >= 0.6 is 0 Å². The van der Waals surface area contributed by atoms with E-state index in [9.17, 15) is 13.2 Å². The van der Waals surface area contributed by atoms with Crippen molar-refractivity contribution in [2.24, 2.45) is 11.8 Å². The van der Waals surface area contributed by atoms with Gasteiger partial charge in [0.15, 0.2) is 0 Å². The van der Waals surface area contributed by atoms with E-state index >= 15 is 0 Å². The maximum absolute atomic E-state index is 13.2. The van der Waals surface area contributed by atoms with Gasteiger partial charge >= 0.3 is 0 Å². The van der Waals surface area contributed by atoms with Gasteiger partial charge in [0, 0.05) is 38.9 Å². The van der Waals surface area contributed by atoms with Gasteiger partial charge in [0.2, 0.25) is 10.0 Å². The van der Waals surface area contributed by atoms with Gasteiger partial charge in [0.25, 0.3) is 5.91 Å². The second-order valence-electron chi connectivity index (χ2n) is 7.65. The highest BCUT2D eigenvalue weighted by Crippen LogP contribution is 2.40. The van der Waals surface area contributed by atoms with Gasteiger partial charge in [-0.1, -0.05) is 6.07 Å². The second kappa shape index (κ2) is 6.94. The van der Waals surface area contributed by atoms with Crippen LogP contribution in [0.1, 0.15) is 36.0 Å². The number of methoxy groups -OCH3 is 1. The number of benzene rings is 1. The Labute approximate surface area is 155 Å². The first-order chi connectivity index (χ1) is 12.5. The highest BCUT2D eigenvalue weighted by molar-refractivity contribution is 7.89. The van der Waals surface area contributed by atoms with Crippen LogP contribution in [0.15, 0.2) is 29.2 Å². The van der Waals surface area contributed by atoms with Crippen molar-refractivity contribution in [2.75, 3.05) is 33.3 Å². The molecule has 1 saturated carbocycles. The van der Waals surface area contributed by atoms with Gasteiger partial charge in [-0.25, -0.2) is 8.42 Å². The minimum Gasteiger partial charge on any atom is -0.381 e. The first-order valence-corrected chi connectivity index (χ1v) is 10.9. The van der Waals surface area contributed by atoms with Crippen LogP contribution in [0, 0.1) is 11.8 Å². The Morgan fingerprint density at radius 2 is 1.77 bits per heavy atom. The van der Waals surface area contributed by atoms with Crippen LogP contribution < -0.4 is 0 Å². The van der Waals surface area contributed by atoms with E-state index in [1.807, 2.05) is 0 Å². The molecule has 3 aliphatic rings. The van der Waals surface area contributed by atoms with Gasteiger partial charge < -0.3 is 9.64 Å². The van der Waals surface area contributed by atoms with E-state index in [1.54, 1.807) is 40.6 Å². The first-order valence-electron chi connectivity index (χ1n) is 9.43. The van der Waals surface area contributed by atoms with Gasteiger partial charge in [0.1, 0.15) is 0 Å². The lowest BCUT2D eigenvalue weighted by atomic mass is 9.97. The van der Waals surface area contributed by atoms with E-state index in [1.165, 1.54) is 0 Å². The van der Waals surface area contributed by atoms with E-state index in [4.69, 9.17) is 4.74 Å². The largest absolute Gasteiger partial charge is 0.381 e. The van der Waals surface area contributed by atoms with Crippen LogP contribution in [-0.4, -0.2) is 62.9 Å². The van der Waals surface area contributed by atoms with Crippen molar-refractivity contribution in [3.05, 3.63) is 29.8 Å². The molecule has 4 rings (SSSR count). The Kier molecular flexibility index (Phi) is 4.79. The molecule has 0 N–H and O–H groups in total. The minimum absolute atomic E-state index is 0.0716. The Balaban J connectivity index is 1.57. The molecule has 0 spiro atoms. The number of amides is 1. The predicted molar refractivity (Wildman–Crippen MR) is 97.3 cm³/mol. The molecule has 1 aliphatic carbocycles. The molecule has 7 heteroatoms. The molecule has 3 atom stereocenters. The number of piperidine rings is 1. The number of hydrogen-bond acceptors (Lipinski definition) is 4. The lowest BCUT2D eigenvalue weighted by Crippen LogP contribution is -2.47. The summed E-state index contributed by atoms with van der Waals surface area (Å²) in [5.74, 6) is 0.462. The van der Waals surface area contributed by atoms with E-state index in [0.29, 0.717) is 18.7 Å². The molecule has 2 heterocycles. The Bertz CT molecular complexity index is 774. The minimum atomic E-state index is -3.59. The summed E-state index contributed by atoms with van der Waals surface area (Å²) in [5, 5.41) is 0. The zero-order valence-corrected chi connectivity index (χ0v) is 16.0. The number of sulfonamides is 1. The number of likely N-dealkylation sites (tertiary alicyclic amines) is 1. The van der Waals surface area contributed by atoms with Gasteiger partial charge in [-0.05, 0) is 55.7 Å². The first kappa shape index (κ1) is 17.9. The lowest BCUT2D eigenvalue weighted by Gasteiger charge is -2.36. The van der Waals surface area contributed by atoms with E-state index in [-0.39, 0.29) is 28.7 Å². The van der Waals surface area contributed by atoms with Crippen molar-refractivity contribution in [3.63, 3.8) is 0 Å². The quantitative estimate of drug-likeness (QED) is 0.803. The molecule has 0 aromatic heterocycles. The molecular weight excluding hydrogens is 352 g/mol. The van der Waals surface area contributed by atoms with Crippen molar-refractivity contribution in [2.45, 2.75) is 36.7 Å². The lowest BCUT2D eigenvalue weighted by molar-refractivity contribution is 0.00395. The smallest absolute Gasteiger partial charge is 0.253 e. The zero-order valence-electron chi connectivity index (χ0n) is 15.1. The standard InChI is InChI=1S/C19H26N2O4S/c1-25-18-15-7-8-16(18)13-21(12-15)26(23,24)17-6-4-5-14(11-17)19(22)20-9-2-3-10-20/h4-6,11,15-16,18H,2-3,7-10,12-13H2,1H3/t15-,16+,18?. The van der Waals surface area contributed by atoms with Crippen molar-refractivity contribution >= 4 is 15.9 Å². The van der Waals surface area contributed by atoms with Crippen LogP contribution in [-0.2, 0) is 14.8 Å². The molecule has 142 valence electrons. The monoisotopic (exact) mass is 378 g/mol. The van der Waals surface area contributed by atoms with Gasteiger partial charge in [-0.2, -0.15) is 4.31 Å². The summed E-state index contributed by atoms with van der Waals surface area (Å²) >= 11 is 0. The SMILES string of the molecule is COC1[C@@H]2CC[C@H]1CN(S(=O)(=O)c1cccc(C(=O)N3CCCC3)c1)C2. The highest BCUT2D eigenvalue weighted by Gasteiger charge is 2.45. The number of ether oxygens (including phenoxy) is 1. The maximum Gasteiger partial charge on any atom is 0.253 e. The molecule has 3 fully saturated rings. The van der Waals surface area contributed by atoms with Crippen LogP contribution in [0.25, 0.3) is 0 Å². The topological polar surface area (TPSA) is 66.9 Å². The number of nitrogens with zero attached hydrogens (tertiary/aromatic N) is 2. The zero-order chi connectivity index (χ0) is 18.3. The third-order valence-electron chi connectivity index (χ3n) is 6.10. The van der Waals surface area contributed by atoms with Gasteiger partial charge in [0.05, 0.1) is 11.0 Å². The van der Waals surface area contributed by atoms with Crippen LogP contribution in [0.2, 0.25) is 0 Å². The average molecular weight is 378 g/mol. The third kappa shape index (κ3) is 3.06. The maximum atomic E-state index is 13.2. The molecule has 1 aromatic rings. The number of hydrogen-bond donors (Lipinski definition) is 0. The van der Waals surface area contributed by atoms with E-state index in [2.05, 4.69) is 0 Å². The summed E-state index contributed by atoms with van der Waals surface area (Å²) < 4.78 is 33.5. The fraction of sp³-hybridized carbons (Fsp3) is 0.632. The molecule has 1 unspecified atom stereocenters. The van der Waals surface area contributed by atoms with Gasteiger partial charge in [-0.15, -0.1) is 0 Å². The summed E-state index contributed by atoms with van der Waals surface area (Å²) in [6, 6.07) is 6.52. The van der Waals surface area contributed by atoms with Crippen LogP contribution in [0.3, 0.4) is 0 Å². The molecule has 0 radical (unpaired) electrons. The fourth-order valence-corrected chi connectivity index (χ4v) is 6.35. The van der Waals surface area contributed by atoms with E-state index < -0.39 is 10.0 Å².